The molecule has 1 saturated carbocycles. The van der Waals surface area contributed by atoms with Crippen LogP contribution >= 0.6 is 0 Å². The van der Waals surface area contributed by atoms with E-state index in [1.807, 2.05) is 0 Å². The van der Waals surface area contributed by atoms with Gasteiger partial charge in [0.25, 0.3) is 0 Å². The summed E-state index contributed by atoms with van der Waals surface area (Å²) in [4.78, 5) is 19.1. The molecule has 1 amide bonds. The standard InChI is InChI=1S/C23H27F4N3O2/c1-22(2,3)32-21(31)30-11-10-29-19(13-28-20(29)15-6-7-15)18(30)9-5-14-4-8-17(24)16(12-14)23(25,26)27/h4,8,12-13,15,18H,5-7,9-11H2,1-3H3. The molecule has 0 radical (unpaired) electrons. The highest BCUT2D eigenvalue weighted by atomic mass is 19.4. The van der Waals surface area contributed by atoms with Crippen LogP contribution in [-0.4, -0.2) is 32.7 Å². The molecule has 0 spiro atoms. The van der Waals surface area contributed by atoms with E-state index in [4.69, 9.17) is 4.74 Å². The Balaban J connectivity index is 1.60. The Bertz CT molecular complexity index is 1010. The van der Waals surface area contributed by atoms with E-state index in [1.54, 1.807) is 31.9 Å². The average molecular weight is 453 g/mol. The van der Waals surface area contributed by atoms with Crippen molar-refractivity contribution < 1.29 is 27.1 Å². The Morgan fingerprint density at radius 1 is 1.19 bits per heavy atom. The van der Waals surface area contributed by atoms with Gasteiger partial charge in [0, 0.05) is 19.0 Å². The number of halogens is 4. The van der Waals surface area contributed by atoms with Crippen molar-refractivity contribution in [3.63, 3.8) is 0 Å². The molecule has 174 valence electrons. The monoisotopic (exact) mass is 453 g/mol. The summed E-state index contributed by atoms with van der Waals surface area (Å²) in [7, 11) is 0. The highest BCUT2D eigenvalue weighted by molar-refractivity contribution is 5.69. The number of aryl methyl sites for hydroxylation is 1. The predicted octanol–water partition coefficient (Wildman–Crippen LogP) is 5.84. The van der Waals surface area contributed by atoms with E-state index in [0.29, 0.717) is 31.0 Å². The van der Waals surface area contributed by atoms with E-state index in [-0.39, 0.29) is 6.42 Å². The van der Waals surface area contributed by atoms with Crippen molar-refractivity contribution in [2.24, 2.45) is 0 Å². The molecule has 1 aliphatic carbocycles. The van der Waals surface area contributed by atoms with Crippen LogP contribution in [-0.2, 0) is 23.9 Å². The van der Waals surface area contributed by atoms with Crippen molar-refractivity contribution >= 4 is 6.09 Å². The number of alkyl halides is 3. The topological polar surface area (TPSA) is 47.4 Å². The highest BCUT2D eigenvalue weighted by Gasteiger charge is 2.38. The lowest BCUT2D eigenvalue weighted by Gasteiger charge is -2.38. The second-order valence-corrected chi connectivity index (χ2v) is 9.51. The first-order valence-corrected chi connectivity index (χ1v) is 10.8. The smallest absolute Gasteiger partial charge is 0.419 e. The molecule has 1 fully saturated rings. The summed E-state index contributed by atoms with van der Waals surface area (Å²) in [5, 5.41) is 0. The number of amides is 1. The second-order valence-electron chi connectivity index (χ2n) is 9.51. The zero-order chi connectivity index (χ0) is 23.3. The lowest BCUT2D eigenvalue weighted by Crippen LogP contribution is -2.44. The predicted molar refractivity (Wildman–Crippen MR) is 110 cm³/mol. The molecule has 2 aromatic rings. The van der Waals surface area contributed by atoms with Crippen LogP contribution in [0.4, 0.5) is 22.4 Å². The molecular weight excluding hydrogens is 426 g/mol. The molecule has 1 atom stereocenters. The van der Waals surface area contributed by atoms with Crippen molar-refractivity contribution in [2.45, 2.75) is 76.7 Å². The fourth-order valence-electron chi connectivity index (χ4n) is 4.20. The normalized spacial score (nSPS) is 19.1. The number of hydrogen-bond donors (Lipinski definition) is 0. The third-order valence-electron chi connectivity index (χ3n) is 5.81. The van der Waals surface area contributed by atoms with Gasteiger partial charge in [-0.2, -0.15) is 13.2 Å². The molecule has 0 saturated heterocycles. The van der Waals surface area contributed by atoms with E-state index >= 15 is 0 Å². The first-order chi connectivity index (χ1) is 14.9. The van der Waals surface area contributed by atoms with Gasteiger partial charge in [-0.05, 0) is 64.2 Å². The summed E-state index contributed by atoms with van der Waals surface area (Å²) in [5.41, 5.74) is -0.718. The number of carbonyl (C=O) groups excluding carboxylic acids is 1. The van der Waals surface area contributed by atoms with Gasteiger partial charge in [0.15, 0.2) is 0 Å². The summed E-state index contributed by atoms with van der Waals surface area (Å²) < 4.78 is 60.7. The van der Waals surface area contributed by atoms with Crippen molar-refractivity contribution in [3.05, 3.63) is 52.9 Å². The maximum atomic E-state index is 13.7. The van der Waals surface area contributed by atoms with Crippen molar-refractivity contribution in [2.75, 3.05) is 6.54 Å². The molecule has 9 heteroatoms. The summed E-state index contributed by atoms with van der Waals surface area (Å²) in [6.07, 6.45) is -0.654. The van der Waals surface area contributed by atoms with Gasteiger partial charge >= 0.3 is 12.3 Å². The van der Waals surface area contributed by atoms with E-state index < -0.39 is 35.3 Å². The minimum absolute atomic E-state index is 0.247. The molecule has 0 bridgehead atoms. The van der Waals surface area contributed by atoms with Crippen molar-refractivity contribution in [1.82, 2.24) is 14.5 Å². The number of imidazole rings is 1. The van der Waals surface area contributed by atoms with Crippen LogP contribution in [0.25, 0.3) is 0 Å². The van der Waals surface area contributed by atoms with E-state index in [9.17, 15) is 22.4 Å². The molecule has 2 heterocycles. The maximum absolute atomic E-state index is 13.7. The van der Waals surface area contributed by atoms with Crippen LogP contribution in [0.1, 0.15) is 74.6 Å². The molecular formula is C23H27F4N3O2. The number of rotatable bonds is 4. The van der Waals surface area contributed by atoms with Gasteiger partial charge in [0.05, 0.1) is 23.5 Å². The largest absolute Gasteiger partial charge is 0.444 e. The van der Waals surface area contributed by atoms with Crippen LogP contribution in [0.3, 0.4) is 0 Å². The van der Waals surface area contributed by atoms with E-state index in [1.165, 1.54) is 6.07 Å². The fourth-order valence-corrected chi connectivity index (χ4v) is 4.20. The molecule has 5 nitrogen and oxygen atoms in total. The van der Waals surface area contributed by atoms with Gasteiger partial charge in [0.2, 0.25) is 0 Å². The zero-order valence-electron chi connectivity index (χ0n) is 18.4. The minimum Gasteiger partial charge on any atom is -0.444 e. The fraction of sp³-hybridized carbons (Fsp3) is 0.565. The molecule has 4 rings (SSSR count). The summed E-state index contributed by atoms with van der Waals surface area (Å²) in [6.45, 7) is 6.40. The summed E-state index contributed by atoms with van der Waals surface area (Å²) in [5.74, 6) is 0.153. The Morgan fingerprint density at radius 3 is 2.53 bits per heavy atom. The SMILES string of the molecule is CC(C)(C)OC(=O)N1CCn2c(cnc2C2CC2)C1CCc1ccc(F)c(C(F)(F)F)c1. The summed E-state index contributed by atoms with van der Waals surface area (Å²) in [6, 6.07) is 2.67. The van der Waals surface area contributed by atoms with Gasteiger partial charge in [-0.3, -0.25) is 4.90 Å². The molecule has 0 N–H and O–H groups in total. The molecule has 1 unspecified atom stereocenters. The molecule has 1 aromatic heterocycles. The third-order valence-corrected chi connectivity index (χ3v) is 5.81. The van der Waals surface area contributed by atoms with Crippen LogP contribution in [0.5, 0.6) is 0 Å². The average Bonchev–Trinajstić information content (AvgIpc) is 3.43. The Labute approximate surface area is 184 Å². The van der Waals surface area contributed by atoms with Crippen LogP contribution in [0.2, 0.25) is 0 Å². The van der Waals surface area contributed by atoms with Crippen molar-refractivity contribution in [1.29, 1.82) is 0 Å². The van der Waals surface area contributed by atoms with Gasteiger partial charge in [-0.25, -0.2) is 14.2 Å². The Kier molecular flexibility index (Phi) is 5.71. The highest BCUT2D eigenvalue weighted by Crippen LogP contribution is 2.42. The number of benzene rings is 1. The number of hydrogen-bond acceptors (Lipinski definition) is 3. The Hall–Kier alpha value is -2.58. The lowest BCUT2D eigenvalue weighted by atomic mass is 9.99. The minimum atomic E-state index is -4.76. The molecule has 1 aliphatic heterocycles. The van der Waals surface area contributed by atoms with Crippen LogP contribution in [0.15, 0.2) is 24.4 Å². The summed E-state index contributed by atoms with van der Waals surface area (Å²) >= 11 is 0. The lowest BCUT2D eigenvalue weighted by molar-refractivity contribution is -0.140. The van der Waals surface area contributed by atoms with Gasteiger partial charge < -0.3 is 9.30 Å². The second kappa shape index (κ2) is 8.08. The quantitative estimate of drug-likeness (QED) is 0.546. The number of aromatic nitrogens is 2. The van der Waals surface area contributed by atoms with Crippen molar-refractivity contribution in [3.8, 4) is 0 Å². The zero-order valence-corrected chi connectivity index (χ0v) is 18.4. The first kappa shape index (κ1) is 22.6. The van der Waals surface area contributed by atoms with E-state index in [2.05, 4.69) is 9.55 Å². The number of nitrogens with zero attached hydrogens (tertiary/aromatic N) is 3. The first-order valence-electron chi connectivity index (χ1n) is 10.8. The Morgan fingerprint density at radius 2 is 1.91 bits per heavy atom. The van der Waals surface area contributed by atoms with Gasteiger partial charge in [0.1, 0.15) is 17.2 Å². The number of carbonyl (C=O) groups is 1. The van der Waals surface area contributed by atoms with E-state index in [0.717, 1.165) is 36.5 Å². The number of fused-ring (bicyclic) bond motifs is 1. The molecule has 2 aliphatic rings. The third kappa shape index (κ3) is 4.76. The van der Waals surface area contributed by atoms with Crippen LogP contribution < -0.4 is 0 Å². The van der Waals surface area contributed by atoms with Crippen LogP contribution in [0, 0.1) is 5.82 Å². The maximum Gasteiger partial charge on any atom is 0.419 e. The van der Waals surface area contributed by atoms with Gasteiger partial charge in [-0.15, -0.1) is 0 Å². The number of ether oxygens (including phenoxy) is 1. The van der Waals surface area contributed by atoms with Gasteiger partial charge in [-0.1, -0.05) is 6.07 Å². The molecule has 32 heavy (non-hydrogen) atoms. The molecule has 1 aromatic carbocycles.